The van der Waals surface area contributed by atoms with E-state index < -0.39 is 11.8 Å². The molecule has 22 heavy (non-hydrogen) atoms. The summed E-state index contributed by atoms with van der Waals surface area (Å²) in [5, 5.41) is 5.96. The molecule has 1 aromatic rings. The molecular formula is C15H19Cl2N3O2. The second-order valence-electron chi connectivity index (χ2n) is 5.25. The molecule has 2 N–H and O–H groups in total. The van der Waals surface area contributed by atoms with Crippen LogP contribution in [0.2, 0.25) is 10.0 Å². The van der Waals surface area contributed by atoms with Gasteiger partial charge in [-0.15, -0.1) is 0 Å². The van der Waals surface area contributed by atoms with Gasteiger partial charge in [-0.2, -0.15) is 0 Å². The zero-order valence-corrected chi connectivity index (χ0v) is 13.9. The van der Waals surface area contributed by atoms with Gasteiger partial charge in [0.15, 0.2) is 0 Å². The van der Waals surface area contributed by atoms with E-state index in [1.807, 2.05) is 0 Å². The lowest BCUT2D eigenvalue weighted by Crippen LogP contribution is -2.43. The summed E-state index contributed by atoms with van der Waals surface area (Å²) < 4.78 is 0. The maximum atomic E-state index is 11.9. The molecule has 1 aromatic carbocycles. The highest BCUT2D eigenvalue weighted by Crippen LogP contribution is 2.22. The summed E-state index contributed by atoms with van der Waals surface area (Å²) in [7, 11) is 0. The Kier molecular flexibility index (Phi) is 6.06. The first-order chi connectivity index (χ1) is 10.5. The van der Waals surface area contributed by atoms with Crippen LogP contribution in [-0.4, -0.2) is 42.4 Å². The quantitative estimate of drug-likeness (QED) is 0.825. The van der Waals surface area contributed by atoms with Crippen LogP contribution in [0.1, 0.15) is 19.8 Å². The Bertz CT molecular complexity index is 545. The van der Waals surface area contributed by atoms with Crippen LogP contribution in [0, 0.1) is 0 Å². The highest BCUT2D eigenvalue weighted by Gasteiger charge is 2.24. The zero-order chi connectivity index (χ0) is 16.1. The Hall–Kier alpha value is -1.30. The van der Waals surface area contributed by atoms with Gasteiger partial charge in [0, 0.05) is 28.3 Å². The van der Waals surface area contributed by atoms with Crippen molar-refractivity contribution in [3.8, 4) is 0 Å². The van der Waals surface area contributed by atoms with Crippen molar-refractivity contribution in [2.24, 2.45) is 0 Å². The fraction of sp³-hybridized carbons (Fsp3) is 0.467. The minimum atomic E-state index is -0.723. The Morgan fingerprint density at radius 3 is 2.55 bits per heavy atom. The highest BCUT2D eigenvalue weighted by atomic mass is 35.5. The highest BCUT2D eigenvalue weighted by molar-refractivity contribution is 6.40. The molecule has 0 unspecified atom stereocenters. The molecule has 0 radical (unpaired) electrons. The lowest BCUT2D eigenvalue weighted by molar-refractivity contribution is -0.136. The molecule has 1 atom stereocenters. The second kappa shape index (κ2) is 7.81. The van der Waals surface area contributed by atoms with Crippen LogP contribution in [0.5, 0.6) is 0 Å². The minimum absolute atomic E-state index is 0.308. The van der Waals surface area contributed by atoms with Crippen molar-refractivity contribution >= 4 is 40.7 Å². The Labute approximate surface area is 139 Å². The molecule has 2 rings (SSSR count). The number of likely N-dealkylation sites (N-methyl/N-ethyl adjacent to an activating group) is 1. The number of hydrogen-bond acceptors (Lipinski definition) is 3. The number of nitrogens with zero attached hydrogens (tertiary/aromatic N) is 1. The molecule has 1 heterocycles. The molecule has 7 heteroatoms. The summed E-state index contributed by atoms with van der Waals surface area (Å²) in [4.78, 5) is 26.0. The molecule has 1 aliphatic rings. The van der Waals surface area contributed by atoms with Gasteiger partial charge in [0.2, 0.25) is 0 Å². The first-order valence-corrected chi connectivity index (χ1v) is 8.04. The molecule has 1 aliphatic heterocycles. The van der Waals surface area contributed by atoms with Crippen molar-refractivity contribution in [3.05, 3.63) is 28.2 Å². The van der Waals surface area contributed by atoms with Gasteiger partial charge in [0.1, 0.15) is 0 Å². The van der Waals surface area contributed by atoms with Crippen LogP contribution in [0.4, 0.5) is 5.69 Å². The van der Waals surface area contributed by atoms with Crippen LogP contribution in [-0.2, 0) is 9.59 Å². The van der Waals surface area contributed by atoms with E-state index in [1.165, 1.54) is 12.1 Å². The number of halogens is 2. The number of carbonyl (C=O) groups excluding carboxylic acids is 2. The number of anilines is 1. The van der Waals surface area contributed by atoms with Gasteiger partial charge in [-0.25, -0.2) is 0 Å². The maximum absolute atomic E-state index is 11.9. The van der Waals surface area contributed by atoms with Crippen LogP contribution in [0.25, 0.3) is 0 Å². The summed E-state index contributed by atoms with van der Waals surface area (Å²) >= 11 is 11.7. The topological polar surface area (TPSA) is 61.4 Å². The first kappa shape index (κ1) is 17.1. The number of amides is 2. The predicted octanol–water partition coefficient (Wildman–Crippen LogP) is 2.53. The first-order valence-electron chi connectivity index (χ1n) is 7.29. The monoisotopic (exact) mass is 343 g/mol. The van der Waals surface area contributed by atoms with Gasteiger partial charge < -0.3 is 10.6 Å². The van der Waals surface area contributed by atoms with Crippen LogP contribution in [0.3, 0.4) is 0 Å². The van der Waals surface area contributed by atoms with Gasteiger partial charge in [-0.05, 0) is 44.1 Å². The van der Waals surface area contributed by atoms with Crippen molar-refractivity contribution < 1.29 is 9.59 Å². The third-order valence-electron chi connectivity index (χ3n) is 3.73. The molecule has 0 aliphatic carbocycles. The maximum Gasteiger partial charge on any atom is 0.313 e. The molecule has 0 spiro atoms. The molecule has 5 nitrogen and oxygen atoms in total. The fourth-order valence-electron chi connectivity index (χ4n) is 2.65. The number of benzene rings is 1. The number of likely N-dealkylation sites (tertiary alicyclic amines) is 1. The normalized spacial score (nSPS) is 18.2. The number of nitrogens with one attached hydrogen (secondary N) is 2. The Morgan fingerprint density at radius 1 is 1.23 bits per heavy atom. The van der Waals surface area contributed by atoms with Crippen molar-refractivity contribution in [1.29, 1.82) is 0 Å². The number of rotatable bonds is 4. The molecule has 0 saturated carbocycles. The molecular weight excluding hydrogens is 325 g/mol. The van der Waals surface area contributed by atoms with Crippen molar-refractivity contribution in [3.63, 3.8) is 0 Å². The van der Waals surface area contributed by atoms with E-state index in [-0.39, 0.29) is 0 Å². The molecule has 120 valence electrons. The van der Waals surface area contributed by atoms with E-state index in [2.05, 4.69) is 22.5 Å². The standard InChI is InChI=1S/C15H19Cl2N3O2/c1-2-20-5-3-4-13(20)9-18-14(21)15(22)19-12-7-10(16)6-11(17)8-12/h6-8,13H,2-5,9H2,1H3,(H,18,21)(H,19,22)/t13-/m1/s1. The van der Waals surface area contributed by atoms with E-state index in [0.29, 0.717) is 28.3 Å². The summed E-state index contributed by atoms with van der Waals surface area (Å²) in [5.74, 6) is -1.38. The molecule has 0 aromatic heterocycles. The van der Waals surface area contributed by atoms with Gasteiger partial charge in [-0.3, -0.25) is 14.5 Å². The number of carbonyl (C=O) groups is 2. The lowest BCUT2D eigenvalue weighted by atomic mass is 10.2. The SMILES string of the molecule is CCN1CCC[C@@H]1CNC(=O)C(=O)Nc1cc(Cl)cc(Cl)c1. The van der Waals surface area contributed by atoms with E-state index in [0.717, 1.165) is 25.9 Å². The zero-order valence-electron chi connectivity index (χ0n) is 12.4. The lowest BCUT2D eigenvalue weighted by Gasteiger charge is -2.22. The van der Waals surface area contributed by atoms with Crippen molar-refractivity contribution in [1.82, 2.24) is 10.2 Å². The fourth-order valence-corrected chi connectivity index (χ4v) is 3.17. The van der Waals surface area contributed by atoms with E-state index in [4.69, 9.17) is 23.2 Å². The second-order valence-corrected chi connectivity index (χ2v) is 6.12. The average molecular weight is 344 g/mol. The van der Waals surface area contributed by atoms with Crippen molar-refractivity contribution in [2.75, 3.05) is 25.0 Å². The van der Waals surface area contributed by atoms with Crippen molar-refractivity contribution in [2.45, 2.75) is 25.8 Å². The molecule has 0 bridgehead atoms. The van der Waals surface area contributed by atoms with Crippen LogP contribution >= 0.6 is 23.2 Å². The number of hydrogen-bond donors (Lipinski definition) is 2. The largest absolute Gasteiger partial charge is 0.346 e. The Balaban J connectivity index is 1.85. The average Bonchev–Trinajstić information content (AvgIpc) is 2.90. The van der Waals surface area contributed by atoms with Gasteiger partial charge in [0.05, 0.1) is 0 Å². The minimum Gasteiger partial charge on any atom is -0.346 e. The summed E-state index contributed by atoms with van der Waals surface area (Å²) in [6.45, 7) is 4.57. The van der Waals surface area contributed by atoms with E-state index >= 15 is 0 Å². The van der Waals surface area contributed by atoms with Gasteiger partial charge >= 0.3 is 11.8 Å². The third kappa shape index (κ3) is 4.60. The van der Waals surface area contributed by atoms with E-state index in [1.54, 1.807) is 6.07 Å². The summed E-state index contributed by atoms with van der Waals surface area (Å²) in [6.07, 6.45) is 2.17. The van der Waals surface area contributed by atoms with Crippen LogP contribution in [0.15, 0.2) is 18.2 Å². The van der Waals surface area contributed by atoms with Gasteiger partial charge in [-0.1, -0.05) is 30.1 Å². The Morgan fingerprint density at radius 2 is 1.91 bits per heavy atom. The summed E-state index contributed by atoms with van der Waals surface area (Å²) in [5.41, 5.74) is 0.397. The molecule has 1 saturated heterocycles. The van der Waals surface area contributed by atoms with Gasteiger partial charge in [0.25, 0.3) is 0 Å². The smallest absolute Gasteiger partial charge is 0.313 e. The van der Waals surface area contributed by atoms with E-state index in [9.17, 15) is 9.59 Å². The molecule has 2 amide bonds. The van der Waals surface area contributed by atoms with Crippen LogP contribution < -0.4 is 10.6 Å². The third-order valence-corrected chi connectivity index (χ3v) is 4.17. The molecule has 1 fully saturated rings. The predicted molar refractivity (Wildman–Crippen MR) is 88.4 cm³/mol. The summed E-state index contributed by atoms with van der Waals surface area (Å²) in [6, 6.07) is 4.93.